The number of nitrogens with one attached hydrogen (secondary N) is 1. The molecule has 0 saturated carbocycles. The number of rotatable bonds is 6. The highest BCUT2D eigenvalue weighted by atomic mass is 19.1. The Bertz CT molecular complexity index is 396. The Kier molecular flexibility index (Phi) is 6.14. The van der Waals surface area contributed by atoms with E-state index in [-0.39, 0.29) is 11.9 Å². The van der Waals surface area contributed by atoms with Crippen LogP contribution in [0.1, 0.15) is 12.5 Å². The lowest BCUT2D eigenvalue weighted by Gasteiger charge is -2.13. The molecule has 18 heavy (non-hydrogen) atoms. The van der Waals surface area contributed by atoms with Gasteiger partial charge in [-0.25, -0.2) is 4.39 Å². The van der Waals surface area contributed by atoms with E-state index < -0.39 is 0 Å². The molecule has 0 radical (unpaired) electrons. The van der Waals surface area contributed by atoms with E-state index >= 15 is 0 Å². The Balaban J connectivity index is 2.38. The van der Waals surface area contributed by atoms with Gasteiger partial charge in [-0.15, -0.1) is 0 Å². The van der Waals surface area contributed by atoms with Crippen LogP contribution in [0.25, 0.3) is 0 Å². The number of ether oxygens (including phenoxy) is 1. The van der Waals surface area contributed by atoms with E-state index in [1.165, 1.54) is 6.07 Å². The van der Waals surface area contributed by atoms with E-state index in [0.29, 0.717) is 31.1 Å². The molecule has 4 nitrogen and oxygen atoms in total. The van der Waals surface area contributed by atoms with Crippen molar-refractivity contribution in [3.8, 4) is 0 Å². The molecular formula is C13H20FN3O. The zero-order chi connectivity index (χ0) is 13.4. The number of benzene rings is 1. The first-order chi connectivity index (χ1) is 8.63. The fraction of sp³-hybridized carbons (Fsp3) is 0.462. The van der Waals surface area contributed by atoms with Crippen molar-refractivity contribution in [2.75, 3.05) is 20.3 Å². The summed E-state index contributed by atoms with van der Waals surface area (Å²) < 4.78 is 18.3. The Morgan fingerprint density at radius 3 is 2.89 bits per heavy atom. The van der Waals surface area contributed by atoms with E-state index in [2.05, 4.69) is 10.3 Å². The number of methoxy groups -OCH3 is 1. The summed E-state index contributed by atoms with van der Waals surface area (Å²) in [4.78, 5) is 4.14. The quantitative estimate of drug-likeness (QED) is 0.593. The molecule has 100 valence electrons. The molecule has 0 fully saturated rings. The van der Waals surface area contributed by atoms with Crippen LogP contribution in [0, 0.1) is 5.82 Å². The predicted molar refractivity (Wildman–Crippen MR) is 71.1 cm³/mol. The maximum Gasteiger partial charge on any atom is 0.188 e. The summed E-state index contributed by atoms with van der Waals surface area (Å²) in [5.41, 5.74) is 6.35. The lowest BCUT2D eigenvalue weighted by atomic mass is 10.1. The lowest BCUT2D eigenvalue weighted by molar-refractivity contribution is 0.179. The Labute approximate surface area is 107 Å². The van der Waals surface area contributed by atoms with Crippen LogP contribution >= 0.6 is 0 Å². The van der Waals surface area contributed by atoms with Gasteiger partial charge in [-0.2, -0.15) is 0 Å². The molecule has 1 aromatic carbocycles. The van der Waals surface area contributed by atoms with E-state index in [1.807, 2.05) is 13.0 Å². The molecule has 1 aromatic rings. The van der Waals surface area contributed by atoms with E-state index in [1.54, 1.807) is 19.2 Å². The zero-order valence-corrected chi connectivity index (χ0v) is 10.8. The number of nitrogens with two attached hydrogens (primary N) is 1. The third kappa shape index (κ3) is 5.14. The van der Waals surface area contributed by atoms with Crippen LogP contribution in [0.15, 0.2) is 29.3 Å². The lowest BCUT2D eigenvalue weighted by Crippen LogP contribution is -2.40. The average molecular weight is 253 g/mol. The normalized spacial score (nSPS) is 13.4. The minimum Gasteiger partial charge on any atom is -0.383 e. The summed E-state index contributed by atoms with van der Waals surface area (Å²) in [6, 6.07) is 6.78. The van der Waals surface area contributed by atoms with Crippen molar-refractivity contribution in [1.29, 1.82) is 0 Å². The molecular weight excluding hydrogens is 233 g/mol. The monoisotopic (exact) mass is 253 g/mol. The van der Waals surface area contributed by atoms with Gasteiger partial charge in [0.25, 0.3) is 0 Å². The standard InChI is InChI=1S/C13H20FN3O/c1-10(9-18-2)17-13(15)16-8-7-11-5-3-4-6-12(11)14/h3-6,10H,7-9H2,1-2H3,(H3,15,16,17). The summed E-state index contributed by atoms with van der Waals surface area (Å²) in [5, 5.41) is 2.99. The molecule has 0 aliphatic carbocycles. The largest absolute Gasteiger partial charge is 0.383 e. The molecule has 0 heterocycles. The minimum atomic E-state index is -0.202. The topological polar surface area (TPSA) is 59.6 Å². The maximum atomic E-state index is 13.3. The van der Waals surface area contributed by atoms with Gasteiger partial charge < -0.3 is 15.8 Å². The molecule has 0 spiro atoms. The second kappa shape index (κ2) is 7.66. The van der Waals surface area contributed by atoms with Crippen molar-refractivity contribution >= 4 is 5.96 Å². The minimum absolute atomic E-state index is 0.104. The summed E-state index contributed by atoms with van der Waals surface area (Å²) in [6.45, 7) is 2.96. The molecule has 0 saturated heterocycles. The van der Waals surface area contributed by atoms with Gasteiger partial charge in [0.1, 0.15) is 5.82 Å². The zero-order valence-electron chi connectivity index (χ0n) is 10.8. The van der Waals surface area contributed by atoms with Crippen molar-refractivity contribution in [3.63, 3.8) is 0 Å². The highest BCUT2D eigenvalue weighted by Gasteiger charge is 2.02. The van der Waals surface area contributed by atoms with Gasteiger partial charge in [0, 0.05) is 19.7 Å². The molecule has 1 atom stereocenters. The third-order valence-corrected chi connectivity index (χ3v) is 2.43. The summed E-state index contributed by atoms with van der Waals surface area (Å²) in [5.74, 6) is 0.155. The third-order valence-electron chi connectivity index (χ3n) is 2.43. The van der Waals surface area contributed by atoms with Crippen LogP contribution in [0.4, 0.5) is 4.39 Å². The second-order valence-corrected chi connectivity index (χ2v) is 4.11. The van der Waals surface area contributed by atoms with Crippen LogP contribution < -0.4 is 11.1 Å². The van der Waals surface area contributed by atoms with Crippen molar-refractivity contribution in [2.24, 2.45) is 10.7 Å². The molecule has 0 amide bonds. The highest BCUT2D eigenvalue weighted by Crippen LogP contribution is 2.06. The van der Waals surface area contributed by atoms with Gasteiger partial charge in [0.2, 0.25) is 0 Å². The molecule has 0 aliphatic heterocycles. The Morgan fingerprint density at radius 2 is 2.22 bits per heavy atom. The molecule has 3 N–H and O–H groups in total. The summed E-state index contributed by atoms with van der Waals surface area (Å²) in [7, 11) is 1.63. The fourth-order valence-electron chi connectivity index (χ4n) is 1.59. The SMILES string of the molecule is COCC(C)NC(N)=NCCc1ccccc1F. The number of nitrogens with zero attached hydrogens (tertiary/aromatic N) is 1. The van der Waals surface area contributed by atoms with Crippen molar-refractivity contribution < 1.29 is 9.13 Å². The van der Waals surface area contributed by atoms with Gasteiger partial charge in [-0.05, 0) is 25.0 Å². The number of hydrogen-bond acceptors (Lipinski definition) is 2. The fourth-order valence-corrected chi connectivity index (χ4v) is 1.59. The van der Waals surface area contributed by atoms with Crippen molar-refractivity contribution in [2.45, 2.75) is 19.4 Å². The van der Waals surface area contributed by atoms with Crippen LogP contribution in [0.2, 0.25) is 0 Å². The highest BCUT2D eigenvalue weighted by molar-refractivity contribution is 5.78. The van der Waals surface area contributed by atoms with Gasteiger partial charge in [-0.1, -0.05) is 18.2 Å². The molecule has 0 aliphatic rings. The van der Waals surface area contributed by atoms with E-state index in [0.717, 1.165) is 0 Å². The van der Waals surface area contributed by atoms with Gasteiger partial charge in [0.05, 0.1) is 6.61 Å². The first kappa shape index (κ1) is 14.4. The van der Waals surface area contributed by atoms with Gasteiger partial charge >= 0.3 is 0 Å². The maximum absolute atomic E-state index is 13.3. The smallest absolute Gasteiger partial charge is 0.188 e. The first-order valence-corrected chi connectivity index (χ1v) is 5.92. The Hall–Kier alpha value is -1.62. The van der Waals surface area contributed by atoms with Crippen molar-refractivity contribution in [3.05, 3.63) is 35.6 Å². The van der Waals surface area contributed by atoms with Gasteiger partial charge in [0.15, 0.2) is 5.96 Å². The molecule has 5 heteroatoms. The van der Waals surface area contributed by atoms with Gasteiger partial charge in [-0.3, -0.25) is 4.99 Å². The van der Waals surface area contributed by atoms with Crippen LogP contribution in [-0.4, -0.2) is 32.3 Å². The number of halogens is 1. The molecule has 0 bridgehead atoms. The van der Waals surface area contributed by atoms with E-state index in [4.69, 9.17) is 10.5 Å². The predicted octanol–water partition coefficient (Wildman–Crippen LogP) is 1.31. The van der Waals surface area contributed by atoms with Crippen LogP contribution in [0.5, 0.6) is 0 Å². The molecule has 0 aromatic heterocycles. The molecule has 1 unspecified atom stereocenters. The Morgan fingerprint density at radius 1 is 1.50 bits per heavy atom. The summed E-state index contributed by atoms with van der Waals surface area (Å²) in [6.07, 6.45) is 0.535. The summed E-state index contributed by atoms with van der Waals surface area (Å²) >= 11 is 0. The number of hydrogen-bond donors (Lipinski definition) is 2. The van der Waals surface area contributed by atoms with E-state index in [9.17, 15) is 4.39 Å². The van der Waals surface area contributed by atoms with Crippen LogP contribution in [0.3, 0.4) is 0 Å². The van der Waals surface area contributed by atoms with Crippen LogP contribution in [-0.2, 0) is 11.2 Å². The van der Waals surface area contributed by atoms with Crippen molar-refractivity contribution in [1.82, 2.24) is 5.32 Å². The number of guanidine groups is 1. The first-order valence-electron chi connectivity index (χ1n) is 5.92. The second-order valence-electron chi connectivity index (χ2n) is 4.11. The average Bonchev–Trinajstić information content (AvgIpc) is 2.31. The number of aliphatic imine (C=N–C) groups is 1. The molecule has 1 rings (SSSR count).